The lowest BCUT2D eigenvalue weighted by Gasteiger charge is -2.29. The lowest BCUT2D eigenvalue weighted by molar-refractivity contribution is 0.0319. The standard InChI is InChI=1S/C10H16O/c1-9(2)8-10(11)6-4-3-5-7-10/h3-4,11H,1,5-8H2,2H3. The zero-order chi connectivity index (χ0) is 8.32. The molecule has 0 bridgehead atoms. The number of allylic oxidation sites excluding steroid dienone is 1. The Labute approximate surface area is 68.4 Å². The molecule has 0 aromatic heterocycles. The van der Waals surface area contributed by atoms with Crippen molar-refractivity contribution in [2.45, 2.75) is 38.2 Å². The average Bonchev–Trinajstić information content (AvgIpc) is 1.85. The molecule has 1 heteroatoms. The van der Waals surface area contributed by atoms with Crippen molar-refractivity contribution in [1.82, 2.24) is 0 Å². The van der Waals surface area contributed by atoms with Crippen molar-refractivity contribution >= 4 is 0 Å². The second kappa shape index (κ2) is 3.22. The van der Waals surface area contributed by atoms with E-state index in [9.17, 15) is 5.11 Å². The molecule has 0 saturated carbocycles. The Balaban J connectivity index is 2.52. The summed E-state index contributed by atoms with van der Waals surface area (Å²) in [5.41, 5.74) is 0.587. The fraction of sp³-hybridized carbons (Fsp3) is 0.600. The maximum atomic E-state index is 9.93. The summed E-state index contributed by atoms with van der Waals surface area (Å²) in [7, 11) is 0. The highest BCUT2D eigenvalue weighted by atomic mass is 16.3. The smallest absolute Gasteiger partial charge is 0.0721 e. The van der Waals surface area contributed by atoms with E-state index in [0.29, 0.717) is 0 Å². The van der Waals surface area contributed by atoms with Crippen LogP contribution in [0.25, 0.3) is 0 Å². The summed E-state index contributed by atoms with van der Waals surface area (Å²) >= 11 is 0. The lowest BCUT2D eigenvalue weighted by Crippen LogP contribution is -2.29. The molecular weight excluding hydrogens is 136 g/mol. The van der Waals surface area contributed by atoms with Crippen LogP contribution in [-0.2, 0) is 0 Å². The summed E-state index contributed by atoms with van der Waals surface area (Å²) < 4.78 is 0. The van der Waals surface area contributed by atoms with Gasteiger partial charge in [-0.15, -0.1) is 6.58 Å². The maximum Gasteiger partial charge on any atom is 0.0721 e. The number of aliphatic hydroxyl groups is 1. The third-order valence-electron chi connectivity index (χ3n) is 2.07. The molecule has 1 atom stereocenters. The minimum Gasteiger partial charge on any atom is -0.389 e. The van der Waals surface area contributed by atoms with Gasteiger partial charge in [-0.1, -0.05) is 17.7 Å². The van der Waals surface area contributed by atoms with Gasteiger partial charge in [-0.05, 0) is 32.6 Å². The van der Waals surface area contributed by atoms with Crippen molar-refractivity contribution in [1.29, 1.82) is 0 Å². The Morgan fingerprint density at radius 1 is 1.64 bits per heavy atom. The molecule has 0 aromatic rings. The van der Waals surface area contributed by atoms with Gasteiger partial charge in [-0.3, -0.25) is 0 Å². The molecule has 1 aliphatic rings. The maximum absolute atomic E-state index is 9.93. The normalized spacial score (nSPS) is 30.4. The molecule has 1 nitrogen and oxygen atoms in total. The molecule has 1 rings (SSSR count). The first-order valence-electron chi connectivity index (χ1n) is 4.14. The molecule has 0 heterocycles. The second-order valence-corrected chi connectivity index (χ2v) is 3.57. The lowest BCUT2D eigenvalue weighted by atomic mass is 9.84. The Kier molecular flexibility index (Phi) is 2.50. The van der Waals surface area contributed by atoms with Gasteiger partial charge in [0.25, 0.3) is 0 Å². The summed E-state index contributed by atoms with van der Waals surface area (Å²) in [5, 5.41) is 9.93. The molecule has 0 aliphatic heterocycles. The van der Waals surface area contributed by atoms with E-state index in [-0.39, 0.29) is 0 Å². The van der Waals surface area contributed by atoms with Crippen molar-refractivity contribution in [3.8, 4) is 0 Å². The van der Waals surface area contributed by atoms with Gasteiger partial charge in [-0.2, -0.15) is 0 Å². The van der Waals surface area contributed by atoms with Crippen LogP contribution in [0, 0.1) is 0 Å². The number of hydrogen-bond acceptors (Lipinski definition) is 1. The summed E-state index contributed by atoms with van der Waals surface area (Å²) in [6, 6.07) is 0. The first kappa shape index (κ1) is 8.54. The highest BCUT2D eigenvalue weighted by Crippen LogP contribution is 2.28. The molecule has 1 aliphatic carbocycles. The summed E-state index contributed by atoms with van der Waals surface area (Å²) in [6.45, 7) is 5.78. The van der Waals surface area contributed by atoms with Crippen molar-refractivity contribution in [3.05, 3.63) is 24.3 Å². The zero-order valence-electron chi connectivity index (χ0n) is 7.14. The van der Waals surface area contributed by atoms with Crippen LogP contribution in [0.5, 0.6) is 0 Å². The third-order valence-corrected chi connectivity index (χ3v) is 2.07. The van der Waals surface area contributed by atoms with E-state index in [0.717, 1.165) is 31.3 Å². The Morgan fingerprint density at radius 3 is 2.82 bits per heavy atom. The summed E-state index contributed by atoms with van der Waals surface area (Å²) in [4.78, 5) is 0. The van der Waals surface area contributed by atoms with Gasteiger partial charge < -0.3 is 5.11 Å². The van der Waals surface area contributed by atoms with Crippen LogP contribution in [0.4, 0.5) is 0 Å². The molecule has 0 radical (unpaired) electrons. The minimum atomic E-state index is -0.486. The molecule has 62 valence electrons. The molecule has 0 aromatic carbocycles. The minimum absolute atomic E-state index is 0.486. The van der Waals surface area contributed by atoms with E-state index in [1.807, 2.05) is 6.92 Å². The van der Waals surface area contributed by atoms with Gasteiger partial charge in [0.05, 0.1) is 5.60 Å². The molecule has 0 saturated heterocycles. The van der Waals surface area contributed by atoms with E-state index in [1.54, 1.807) is 0 Å². The number of rotatable bonds is 2. The highest BCUT2D eigenvalue weighted by Gasteiger charge is 2.26. The van der Waals surface area contributed by atoms with Crippen LogP contribution in [0.2, 0.25) is 0 Å². The van der Waals surface area contributed by atoms with Crippen LogP contribution in [0.3, 0.4) is 0 Å². The molecule has 11 heavy (non-hydrogen) atoms. The van der Waals surface area contributed by atoms with Crippen molar-refractivity contribution in [2.24, 2.45) is 0 Å². The van der Waals surface area contributed by atoms with Crippen molar-refractivity contribution in [3.63, 3.8) is 0 Å². The Bertz CT molecular complexity index is 181. The summed E-state index contributed by atoms with van der Waals surface area (Å²) in [5.74, 6) is 0. The predicted octanol–water partition coefficient (Wildman–Crippen LogP) is 2.42. The van der Waals surface area contributed by atoms with E-state index >= 15 is 0 Å². The van der Waals surface area contributed by atoms with E-state index in [4.69, 9.17) is 0 Å². The topological polar surface area (TPSA) is 20.2 Å². The molecule has 1 unspecified atom stereocenters. The van der Waals surface area contributed by atoms with Gasteiger partial charge in [0.2, 0.25) is 0 Å². The zero-order valence-corrected chi connectivity index (χ0v) is 7.14. The van der Waals surface area contributed by atoms with E-state index in [2.05, 4.69) is 18.7 Å². The molecule has 0 amide bonds. The van der Waals surface area contributed by atoms with E-state index < -0.39 is 5.60 Å². The first-order valence-corrected chi connectivity index (χ1v) is 4.14. The average molecular weight is 152 g/mol. The number of hydrogen-bond donors (Lipinski definition) is 1. The SMILES string of the molecule is C=C(C)CC1(O)CC=CCC1. The Hall–Kier alpha value is -0.560. The molecule has 0 spiro atoms. The van der Waals surface area contributed by atoms with Gasteiger partial charge in [0.15, 0.2) is 0 Å². The van der Waals surface area contributed by atoms with Gasteiger partial charge >= 0.3 is 0 Å². The van der Waals surface area contributed by atoms with Crippen LogP contribution < -0.4 is 0 Å². The summed E-state index contributed by atoms with van der Waals surface area (Å²) in [6.07, 6.45) is 7.62. The fourth-order valence-corrected chi connectivity index (χ4v) is 1.60. The monoisotopic (exact) mass is 152 g/mol. The quantitative estimate of drug-likeness (QED) is 0.602. The fourth-order valence-electron chi connectivity index (χ4n) is 1.60. The van der Waals surface area contributed by atoms with Crippen LogP contribution >= 0.6 is 0 Å². The van der Waals surface area contributed by atoms with Crippen molar-refractivity contribution in [2.75, 3.05) is 0 Å². The van der Waals surface area contributed by atoms with Crippen molar-refractivity contribution < 1.29 is 5.11 Å². The largest absolute Gasteiger partial charge is 0.389 e. The highest BCUT2D eigenvalue weighted by molar-refractivity contribution is 5.05. The van der Waals surface area contributed by atoms with Crippen LogP contribution in [0.1, 0.15) is 32.6 Å². The third kappa shape index (κ3) is 2.51. The van der Waals surface area contributed by atoms with E-state index in [1.165, 1.54) is 0 Å². The van der Waals surface area contributed by atoms with Gasteiger partial charge in [0, 0.05) is 0 Å². The molecular formula is C10H16O. The molecule has 0 fully saturated rings. The van der Waals surface area contributed by atoms with Gasteiger partial charge in [-0.25, -0.2) is 0 Å². The molecule has 1 N–H and O–H groups in total. The Morgan fingerprint density at radius 2 is 2.36 bits per heavy atom. The van der Waals surface area contributed by atoms with Gasteiger partial charge in [0.1, 0.15) is 0 Å². The predicted molar refractivity (Wildman–Crippen MR) is 47.4 cm³/mol. The second-order valence-electron chi connectivity index (χ2n) is 3.57. The first-order chi connectivity index (χ1) is 5.12. The van der Waals surface area contributed by atoms with Crippen LogP contribution in [-0.4, -0.2) is 10.7 Å². The van der Waals surface area contributed by atoms with Crippen LogP contribution in [0.15, 0.2) is 24.3 Å².